The molecule has 0 aromatic heterocycles. The van der Waals surface area contributed by atoms with E-state index in [2.05, 4.69) is 15.6 Å². The van der Waals surface area contributed by atoms with Crippen LogP contribution in [-0.2, 0) is 4.79 Å². The summed E-state index contributed by atoms with van der Waals surface area (Å²) in [6.07, 6.45) is 1.20. The Balaban J connectivity index is 1.80. The van der Waals surface area contributed by atoms with Gasteiger partial charge in [-0.2, -0.15) is 10.5 Å². The second kappa shape index (κ2) is 8.00. The largest absolute Gasteiger partial charge is 0.595 e. The first-order chi connectivity index (χ1) is 13.2. The van der Waals surface area contributed by atoms with Crippen molar-refractivity contribution >= 4 is 52.4 Å². The number of nitrogens with zero attached hydrogens (tertiary/aromatic N) is 1. The summed E-state index contributed by atoms with van der Waals surface area (Å²) in [6.45, 7) is 0. The summed E-state index contributed by atoms with van der Waals surface area (Å²) < 4.78 is 0. The van der Waals surface area contributed by atoms with Crippen molar-refractivity contribution in [2.75, 3.05) is 5.32 Å². The van der Waals surface area contributed by atoms with Gasteiger partial charge in [-0.05, 0) is 12.1 Å². The molecule has 12 heteroatoms. The van der Waals surface area contributed by atoms with Crippen LogP contribution in [0.25, 0.3) is 0 Å². The number of carbonyl (C=O) groups excluding carboxylic acids is 2. The van der Waals surface area contributed by atoms with E-state index < -0.39 is 28.3 Å². The van der Waals surface area contributed by atoms with Crippen molar-refractivity contribution < 1.29 is 30.5 Å². The molecule has 0 bridgehead atoms. The molecule has 3 unspecified atom stereocenters. The van der Waals surface area contributed by atoms with Crippen LogP contribution in [0.15, 0.2) is 41.4 Å². The molecule has 3 rings (SSSR count). The van der Waals surface area contributed by atoms with Gasteiger partial charge in [0.15, 0.2) is 11.4 Å². The molecule has 0 aliphatic carbocycles. The Bertz CT molecular complexity index is 965. The summed E-state index contributed by atoms with van der Waals surface area (Å²) >= 11 is 5.84. The fourth-order valence-corrected chi connectivity index (χ4v) is 2.72. The van der Waals surface area contributed by atoms with Crippen molar-refractivity contribution in [3.63, 3.8) is 0 Å². The molecule has 1 heterocycles. The van der Waals surface area contributed by atoms with Crippen LogP contribution in [0.3, 0.4) is 0 Å². The maximum atomic E-state index is 12.4. The summed E-state index contributed by atoms with van der Waals surface area (Å²) in [4.78, 5) is 28.9. The minimum Gasteiger partial charge on any atom is -0.595 e. The summed E-state index contributed by atoms with van der Waals surface area (Å²) in [5.74, 6) is -1.37. The molecule has 6 N–H and O–H groups in total. The van der Waals surface area contributed by atoms with Gasteiger partial charge >= 0.3 is 0 Å². The molecule has 11 nitrogen and oxygen atoms in total. The highest BCUT2D eigenvalue weighted by molar-refractivity contribution is 6.31. The van der Waals surface area contributed by atoms with Gasteiger partial charge in [-0.15, -0.1) is 0 Å². The number of hydrogen-bond acceptors (Lipinski definition) is 7. The first-order valence-electron chi connectivity index (χ1n) is 7.82. The minimum absolute atomic E-state index is 0.0307. The Morgan fingerprint density at radius 3 is 2.54 bits per heavy atom. The van der Waals surface area contributed by atoms with Crippen LogP contribution in [-0.4, -0.2) is 34.5 Å². The number of nitrogens with one attached hydrogen (secondary N) is 4. The fourth-order valence-electron chi connectivity index (χ4n) is 2.49. The molecular formula is C16H14ClN5O6. The van der Waals surface area contributed by atoms with E-state index in [9.17, 15) is 20.0 Å². The molecular weight excluding hydrogens is 394 g/mol. The van der Waals surface area contributed by atoms with Crippen molar-refractivity contribution in [1.29, 1.82) is 0 Å². The maximum Gasteiger partial charge on any atom is 0.252 e. The van der Waals surface area contributed by atoms with Gasteiger partial charge in [0.25, 0.3) is 11.8 Å². The fraction of sp³-hybridized carbons (Fsp3) is 0.0625. The normalized spacial score (nSPS) is 17.9. The van der Waals surface area contributed by atoms with Gasteiger partial charge < -0.3 is 21.0 Å². The Labute approximate surface area is 162 Å². The van der Waals surface area contributed by atoms with Crippen LogP contribution >= 0.6 is 11.6 Å². The standard InChI is InChI=1S/C16H14ClN5O6/c17-9-3-8(4-11(5-9)22(27)28)15(23)20-14-7-18-12-2-1-10(21(25)26)6-13(12)19-16(14)24/h1-7,14,21-22,25,27H,(H,19,24)(H,20,23). The van der Waals surface area contributed by atoms with Gasteiger partial charge in [-0.3, -0.25) is 14.6 Å². The van der Waals surface area contributed by atoms with E-state index in [-0.39, 0.29) is 27.6 Å². The number of anilines is 1. The molecule has 2 aromatic rings. The molecule has 0 spiro atoms. The number of aliphatic imine (C=N–C) groups is 1. The molecule has 0 saturated heterocycles. The van der Waals surface area contributed by atoms with Crippen molar-refractivity contribution in [2.24, 2.45) is 4.99 Å². The molecule has 0 saturated carbocycles. The van der Waals surface area contributed by atoms with Crippen LogP contribution < -0.4 is 21.1 Å². The van der Waals surface area contributed by atoms with Gasteiger partial charge in [0.2, 0.25) is 0 Å². The van der Waals surface area contributed by atoms with Crippen LogP contribution in [0.2, 0.25) is 5.02 Å². The molecule has 2 aromatic carbocycles. The SMILES string of the molecule is O=C(NC1C=Nc2ccc([NH+]([O-])O)cc2NC1=O)c1cc(Cl)cc([NH+]([O-])O)c1. The predicted octanol–water partition coefficient (Wildman–Crippen LogP) is -0.400. The average molecular weight is 408 g/mol. The number of hydrogen-bond donors (Lipinski definition) is 6. The second-order valence-corrected chi connectivity index (χ2v) is 6.23. The van der Waals surface area contributed by atoms with Crippen LogP contribution in [0, 0.1) is 10.4 Å². The summed E-state index contributed by atoms with van der Waals surface area (Å²) in [5.41, 5.74) is 0.267. The van der Waals surface area contributed by atoms with Gasteiger partial charge in [0.1, 0.15) is 6.04 Å². The summed E-state index contributed by atoms with van der Waals surface area (Å²) in [5, 5.41) is 42.8. The number of rotatable bonds is 4. The lowest BCUT2D eigenvalue weighted by atomic mass is 10.1. The number of carbonyl (C=O) groups is 2. The Hall–Kier alpha value is -2.90. The van der Waals surface area contributed by atoms with Gasteiger partial charge in [0, 0.05) is 41.1 Å². The van der Waals surface area contributed by atoms with Crippen LogP contribution in [0.4, 0.5) is 22.7 Å². The number of fused-ring (bicyclic) bond motifs is 1. The van der Waals surface area contributed by atoms with Crippen molar-refractivity contribution in [3.05, 3.63) is 57.4 Å². The Kier molecular flexibility index (Phi) is 5.67. The van der Waals surface area contributed by atoms with E-state index in [0.717, 1.165) is 6.07 Å². The summed E-state index contributed by atoms with van der Waals surface area (Å²) in [7, 11) is 0. The predicted molar refractivity (Wildman–Crippen MR) is 97.5 cm³/mol. The quantitative estimate of drug-likeness (QED) is 0.377. The lowest BCUT2D eigenvalue weighted by Crippen LogP contribution is -2.99. The monoisotopic (exact) mass is 407 g/mol. The molecule has 146 valence electrons. The first kappa shape index (κ1) is 19.9. The van der Waals surface area contributed by atoms with E-state index in [4.69, 9.17) is 22.0 Å². The third kappa shape index (κ3) is 4.32. The lowest BCUT2D eigenvalue weighted by molar-refractivity contribution is -0.991. The van der Waals surface area contributed by atoms with Gasteiger partial charge in [-0.25, -0.2) is 10.4 Å². The zero-order chi connectivity index (χ0) is 20.4. The third-order valence-electron chi connectivity index (χ3n) is 3.84. The van der Waals surface area contributed by atoms with Crippen LogP contribution in [0.5, 0.6) is 0 Å². The van der Waals surface area contributed by atoms with E-state index in [1.165, 1.54) is 36.5 Å². The average Bonchev–Trinajstić information content (AvgIpc) is 2.79. The molecule has 0 fully saturated rings. The molecule has 1 aliphatic heterocycles. The Morgan fingerprint density at radius 2 is 1.86 bits per heavy atom. The highest BCUT2D eigenvalue weighted by atomic mass is 35.5. The van der Waals surface area contributed by atoms with Crippen molar-refractivity contribution in [1.82, 2.24) is 5.32 Å². The van der Waals surface area contributed by atoms with Crippen molar-refractivity contribution in [3.8, 4) is 0 Å². The molecule has 3 atom stereocenters. The zero-order valence-electron chi connectivity index (χ0n) is 14.0. The van der Waals surface area contributed by atoms with Crippen molar-refractivity contribution in [2.45, 2.75) is 6.04 Å². The van der Waals surface area contributed by atoms with E-state index in [0.29, 0.717) is 5.69 Å². The third-order valence-corrected chi connectivity index (χ3v) is 4.06. The number of benzene rings is 2. The highest BCUT2D eigenvalue weighted by Crippen LogP contribution is 2.28. The van der Waals surface area contributed by atoms with Gasteiger partial charge in [-0.1, -0.05) is 11.6 Å². The minimum atomic E-state index is -1.25. The second-order valence-electron chi connectivity index (χ2n) is 5.79. The zero-order valence-corrected chi connectivity index (χ0v) is 14.7. The number of quaternary nitrogens is 2. The molecule has 28 heavy (non-hydrogen) atoms. The maximum absolute atomic E-state index is 12.4. The van der Waals surface area contributed by atoms with E-state index in [1.54, 1.807) is 0 Å². The van der Waals surface area contributed by atoms with Crippen LogP contribution in [0.1, 0.15) is 10.4 Å². The number of halogens is 1. The lowest BCUT2D eigenvalue weighted by Gasteiger charge is -2.16. The molecule has 0 radical (unpaired) electrons. The smallest absolute Gasteiger partial charge is 0.252 e. The Morgan fingerprint density at radius 1 is 1.14 bits per heavy atom. The number of amides is 2. The molecule has 2 amide bonds. The summed E-state index contributed by atoms with van der Waals surface area (Å²) in [6, 6.07) is 6.44. The first-order valence-corrected chi connectivity index (χ1v) is 8.19. The highest BCUT2D eigenvalue weighted by Gasteiger charge is 2.24. The van der Waals surface area contributed by atoms with E-state index in [1.807, 2.05) is 0 Å². The molecule has 1 aliphatic rings. The van der Waals surface area contributed by atoms with Gasteiger partial charge in [0.05, 0.1) is 11.4 Å². The topological polar surface area (TPSA) is 166 Å². The van der Waals surface area contributed by atoms with E-state index >= 15 is 0 Å².